The summed E-state index contributed by atoms with van der Waals surface area (Å²) in [5, 5.41) is 21.1. The lowest BCUT2D eigenvalue weighted by Crippen LogP contribution is -2.32. The van der Waals surface area contributed by atoms with Gasteiger partial charge in [-0.2, -0.15) is 0 Å². The molecule has 2 aromatic rings. The summed E-state index contributed by atoms with van der Waals surface area (Å²) in [4.78, 5) is 4.23. The van der Waals surface area contributed by atoms with E-state index in [-0.39, 0.29) is 19.3 Å². The van der Waals surface area contributed by atoms with Crippen LogP contribution in [-0.4, -0.2) is 34.5 Å². The van der Waals surface area contributed by atoms with Crippen molar-refractivity contribution in [3.8, 4) is 0 Å². The number of aryl methyl sites for hydroxylation is 1. The van der Waals surface area contributed by atoms with Crippen LogP contribution in [0, 0.1) is 6.92 Å². The summed E-state index contributed by atoms with van der Waals surface area (Å²) in [5.74, 6) is 0.656. The van der Waals surface area contributed by atoms with Crippen molar-refractivity contribution in [1.29, 1.82) is 0 Å². The van der Waals surface area contributed by atoms with Crippen molar-refractivity contribution in [1.82, 2.24) is 10.3 Å². The summed E-state index contributed by atoms with van der Waals surface area (Å²) in [6.45, 7) is 2.53. The van der Waals surface area contributed by atoms with E-state index >= 15 is 0 Å². The van der Waals surface area contributed by atoms with Gasteiger partial charge in [-0.15, -0.1) is 0 Å². The Morgan fingerprint density at radius 1 is 1.39 bits per heavy atom. The van der Waals surface area contributed by atoms with Gasteiger partial charge >= 0.3 is 0 Å². The highest BCUT2D eigenvalue weighted by Crippen LogP contribution is 2.16. The van der Waals surface area contributed by atoms with Gasteiger partial charge in [0.1, 0.15) is 5.52 Å². The first-order valence-corrected chi connectivity index (χ1v) is 6.04. The Morgan fingerprint density at radius 3 is 2.94 bits per heavy atom. The van der Waals surface area contributed by atoms with Crippen LogP contribution in [0.5, 0.6) is 0 Å². The number of aromatic nitrogens is 1. The number of aliphatic hydroxyl groups is 2. The molecule has 0 saturated heterocycles. The van der Waals surface area contributed by atoms with Crippen molar-refractivity contribution < 1.29 is 14.6 Å². The number of nitrogens with zero attached hydrogens (tertiary/aromatic N) is 1. The number of benzene rings is 1. The first-order chi connectivity index (χ1) is 8.72. The lowest BCUT2D eigenvalue weighted by Gasteiger charge is -2.14. The van der Waals surface area contributed by atoms with Crippen molar-refractivity contribution in [3.05, 3.63) is 29.7 Å². The molecule has 0 aliphatic heterocycles. The highest BCUT2D eigenvalue weighted by Gasteiger charge is 2.07. The van der Waals surface area contributed by atoms with Crippen molar-refractivity contribution in [2.75, 3.05) is 13.2 Å². The third-order valence-electron chi connectivity index (χ3n) is 2.85. The predicted molar refractivity (Wildman–Crippen MR) is 68.2 cm³/mol. The van der Waals surface area contributed by atoms with Crippen LogP contribution in [0.2, 0.25) is 0 Å². The fourth-order valence-corrected chi connectivity index (χ4v) is 1.87. The van der Waals surface area contributed by atoms with Gasteiger partial charge < -0.3 is 19.9 Å². The van der Waals surface area contributed by atoms with Gasteiger partial charge in [-0.1, -0.05) is 6.07 Å². The first kappa shape index (κ1) is 13.0. The van der Waals surface area contributed by atoms with Crippen molar-refractivity contribution in [3.63, 3.8) is 0 Å². The SMILES string of the molecule is Cc1nc2ccc(CNC(CO)CCO)cc2o1. The van der Waals surface area contributed by atoms with Gasteiger partial charge in [0.15, 0.2) is 11.5 Å². The molecule has 0 bridgehead atoms. The van der Waals surface area contributed by atoms with Crippen LogP contribution in [0.15, 0.2) is 22.6 Å². The third kappa shape index (κ3) is 3.07. The molecule has 18 heavy (non-hydrogen) atoms. The fourth-order valence-electron chi connectivity index (χ4n) is 1.87. The Bertz CT molecular complexity index is 510. The second-order valence-corrected chi connectivity index (χ2v) is 4.31. The first-order valence-electron chi connectivity index (χ1n) is 6.04. The lowest BCUT2D eigenvalue weighted by molar-refractivity contribution is 0.200. The van der Waals surface area contributed by atoms with Gasteiger partial charge in [-0.05, 0) is 24.1 Å². The molecule has 0 radical (unpaired) electrons. The number of hydrogen-bond donors (Lipinski definition) is 3. The minimum atomic E-state index is -0.0813. The number of hydrogen-bond acceptors (Lipinski definition) is 5. The number of aliphatic hydroxyl groups excluding tert-OH is 2. The van der Waals surface area contributed by atoms with Crippen LogP contribution < -0.4 is 5.32 Å². The number of fused-ring (bicyclic) bond motifs is 1. The van der Waals surface area contributed by atoms with E-state index in [1.54, 1.807) is 0 Å². The molecule has 1 heterocycles. The molecule has 0 amide bonds. The Morgan fingerprint density at radius 2 is 2.22 bits per heavy atom. The summed E-state index contributed by atoms with van der Waals surface area (Å²) in [6, 6.07) is 5.76. The summed E-state index contributed by atoms with van der Waals surface area (Å²) < 4.78 is 5.46. The smallest absolute Gasteiger partial charge is 0.192 e. The Kier molecular flexibility index (Phi) is 4.30. The van der Waals surface area contributed by atoms with E-state index in [9.17, 15) is 0 Å². The summed E-state index contributed by atoms with van der Waals surface area (Å²) in [7, 11) is 0. The van der Waals surface area contributed by atoms with Crippen molar-refractivity contribution >= 4 is 11.1 Å². The topological polar surface area (TPSA) is 78.5 Å². The molecule has 3 N–H and O–H groups in total. The fraction of sp³-hybridized carbons (Fsp3) is 0.462. The molecule has 0 saturated carbocycles. The molecule has 1 atom stereocenters. The lowest BCUT2D eigenvalue weighted by atomic mass is 10.1. The van der Waals surface area contributed by atoms with E-state index in [0.717, 1.165) is 16.7 Å². The highest BCUT2D eigenvalue weighted by molar-refractivity contribution is 5.73. The van der Waals surface area contributed by atoms with Gasteiger partial charge in [0, 0.05) is 26.1 Å². The normalized spacial score (nSPS) is 13.1. The molecule has 1 aromatic carbocycles. The highest BCUT2D eigenvalue weighted by atomic mass is 16.3. The molecule has 1 aromatic heterocycles. The number of nitrogens with one attached hydrogen (secondary N) is 1. The molecule has 0 aliphatic rings. The van der Waals surface area contributed by atoms with E-state index in [4.69, 9.17) is 14.6 Å². The van der Waals surface area contributed by atoms with E-state index in [2.05, 4.69) is 10.3 Å². The second-order valence-electron chi connectivity index (χ2n) is 4.31. The van der Waals surface area contributed by atoms with Gasteiger partial charge in [0.25, 0.3) is 0 Å². The average Bonchev–Trinajstić information content (AvgIpc) is 2.73. The molecular formula is C13H18N2O3. The van der Waals surface area contributed by atoms with E-state index < -0.39 is 0 Å². The Balaban J connectivity index is 2.02. The zero-order valence-corrected chi connectivity index (χ0v) is 10.4. The molecule has 0 fully saturated rings. The monoisotopic (exact) mass is 250 g/mol. The molecule has 0 spiro atoms. The maximum Gasteiger partial charge on any atom is 0.192 e. The Hall–Kier alpha value is -1.43. The average molecular weight is 250 g/mol. The molecular weight excluding hydrogens is 232 g/mol. The van der Waals surface area contributed by atoms with E-state index in [1.165, 1.54) is 0 Å². The van der Waals surface area contributed by atoms with E-state index in [0.29, 0.717) is 18.9 Å². The standard InChI is InChI=1S/C13H18N2O3/c1-9-15-12-3-2-10(6-13(12)18-9)7-14-11(8-17)4-5-16/h2-3,6,11,14,16-17H,4-5,7-8H2,1H3. The number of oxazole rings is 1. The Labute approximate surface area is 105 Å². The van der Waals surface area contributed by atoms with Gasteiger partial charge in [0.2, 0.25) is 0 Å². The molecule has 98 valence electrons. The number of rotatable bonds is 6. The van der Waals surface area contributed by atoms with Gasteiger partial charge in [-0.25, -0.2) is 4.98 Å². The minimum Gasteiger partial charge on any atom is -0.441 e. The largest absolute Gasteiger partial charge is 0.441 e. The second kappa shape index (κ2) is 5.95. The van der Waals surface area contributed by atoms with E-state index in [1.807, 2.05) is 25.1 Å². The van der Waals surface area contributed by atoms with Crippen LogP contribution in [0.4, 0.5) is 0 Å². The predicted octanol–water partition coefficient (Wildman–Crippen LogP) is 0.969. The van der Waals surface area contributed by atoms with Crippen molar-refractivity contribution in [2.45, 2.75) is 25.9 Å². The minimum absolute atomic E-state index is 0.0181. The van der Waals surface area contributed by atoms with Crippen LogP contribution in [-0.2, 0) is 6.54 Å². The maximum absolute atomic E-state index is 9.11. The molecule has 0 aliphatic carbocycles. The van der Waals surface area contributed by atoms with Crippen LogP contribution in [0.1, 0.15) is 17.9 Å². The molecule has 5 heteroatoms. The zero-order valence-electron chi connectivity index (χ0n) is 10.4. The van der Waals surface area contributed by atoms with Gasteiger partial charge in [0.05, 0.1) is 6.61 Å². The summed E-state index contributed by atoms with van der Waals surface area (Å²) in [5.41, 5.74) is 2.69. The molecule has 5 nitrogen and oxygen atoms in total. The summed E-state index contributed by atoms with van der Waals surface area (Å²) >= 11 is 0. The maximum atomic E-state index is 9.11. The molecule has 1 unspecified atom stereocenters. The summed E-state index contributed by atoms with van der Waals surface area (Å²) in [6.07, 6.45) is 0.542. The quantitative estimate of drug-likeness (QED) is 0.712. The van der Waals surface area contributed by atoms with Crippen LogP contribution >= 0.6 is 0 Å². The zero-order chi connectivity index (χ0) is 13.0. The van der Waals surface area contributed by atoms with Crippen molar-refractivity contribution in [2.24, 2.45) is 0 Å². The van der Waals surface area contributed by atoms with Gasteiger partial charge in [-0.3, -0.25) is 0 Å². The third-order valence-corrected chi connectivity index (χ3v) is 2.85. The van der Waals surface area contributed by atoms with Crippen LogP contribution in [0.25, 0.3) is 11.1 Å². The molecule has 2 rings (SSSR count). The van der Waals surface area contributed by atoms with Crippen LogP contribution in [0.3, 0.4) is 0 Å².